The van der Waals surface area contributed by atoms with Crippen LogP contribution in [-0.4, -0.2) is 5.43 Å². The quantitative estimate of drug-likeness (QED) is 0.195. The van der Waals surface area contributed by atoms with Crippen LogP contribution in [0.15, 0.2) is 143 Å². The van der Waals surface area contributed by atoms with Crippen molar-refractivity contribution in [2.45, 2.75) is 13.1 Å². The summed E-state index contributed by atoms with van der Waals surface area (Å²) in [5.41, 5.74) is 2.50. The van der Waals surface area contributed by atoms with E-state index in [-0.39, 0.29) is 30.2 Å². The summed E-state index contributed by atoms with van der Waals surface area (Å²) in [7, 11) is 0. The van der Waals surface area contributed by atoms with Gasteiger partial charge in [0.2, 0.25) is 0 Å². The van der Waals surface area contributed by atoms with Crippen molar-refractivity contribution < 1.29 is 57.0 Å². The Balaban J connectivity index is 0.000000165. The Morgan fingerprint density at radius 3 is 1.29 bits per heavy atom. The molecule has 0 radical (unpaired) electrons. The first-order valence-electron chi connectivity index (χ1n) is 13.3. The third-order valence-corrected chi connectivity index (χ3v) is 6.84. The van der Waals surface area contributed by atoms with Crippen LogP contribution >= 0.6 is 0 Å². The minimum absolute atomic E-state index is 0. The molecule has 6 heteroatoms. The maximum atomic E-state index is 5.46. The molecule has 208 valence electrons. The Hall–Kier alpha value is -3.14. The summed E-state index contributed by atoms with van der Waals surface area (Å²) in [6.07, 6.45) is 3.43. The molecule has 0 amide bonds. The fraction of sp³-hybridized carbons (Fsp3) is 0.0556. The van der Waals surface area contributed by atoms with E-state index in [2.05, 4.69) is 110 Å². The second-order valence-corrected chi connectivity index (χ2v) is 19.4. The fourth-order valence-electron chi connectivity index (χ4n) is 5.10. The van der Waals surface area contributed by atoms with Gasteiger partial charge in [-0.3, -0.25) is 0 Å². The summed E-state index contributed by atoms with van der Waals surface area (Å²) in [6, 6.07) is 42.2. The van der Waals surface area contributed by atoms with Gasteiger partial charge in [0, 0.05) is 0 Å². The van der Waals surface area contributed by atoms with E-state index in [9.17, 15) is 0 Å². The van der Waals surface area contributed by atoms with Crippen molar-refractivity contribution in [2.75, 3.05) is 0 Å². The Labute approximate surface area is 273 Å². The smallest absolute Gasteiger partial charge is 0.0796 e. The van der Waals surface area contributed by atoms with Crippen LogP contribution in [-0.2, 0) is 23.3 Å². The van der Waals surface area contributed by atoms with Gasteiger partial charge < -0.3 is 33.6 Å². The van der Waals surface area contributed by atoms with E-state index < -0.39 is 0 Å². The van der Waals surface area contributed by atoms with Crippen molar-refractivity contribution in [2.24, 2.45) is 0 Å². The van der Waals surface area contributed by atoms with Crippen molar-refractivity contribution in [3.05, 3.63) is 134 Å². The normalized spacial score (nSPS) is 10.4. The molecule has 2 heterocycles. The SMILES string of the molecule is C[Si](C)=[Zr+2].[Cl-].[Cl-].c1coc(-c2cc3ccc4ccccc4c3[cH-]2)c1.c1coc(-c2cc3ccc4ccccc4c3[cH-]2)c1. The van der Waals surface area contributed by atoms with Crippen molar-refractivity contribution in [3.8, 4) is 22.6 Å². The van der Waals surface area contributed by atoms with Gasteiger partial charge in [0.05, 0.1) is 24.0 Å². The predicted octanol–water partition coefficient (Wildman–Crippen LogP) is 4.74. The molecule has 0 fully saturated rings. The molecule has 0 aliphatic heterocycles. The molecule has 2 nitrogen and oxygen atoms in total. The Kier molecular flexibility index (Phi) is 10.9. The number of fused-ring (bicyclic) bond motifs is 6. The zero-order valence-electron chi connectivity index (χ0n) is 23.3. The van der Waals surface area contributed by atoms with E-state index in [0.29, 0.717) is 0 Å². The molecule has 0 spiro atoms. The molecule has 0 bridgehead atoms. The van der Waals surface area contributed by atoms with Crippen LogP contribution in [0.5, 0.6) is 0 Å². The number of benzene rings is 4. The van der Waals surface area contributed by atoms with Gasteiger partial charge >= 0.3 is 41.9 Å². The van der Waals surface area contributed by atoms with Gasteiger partial charge in [-0.2, -0.15) is 0 Å². The molecule has 0 unspecified atom stereocenters. The zero-order valence-corrected chi connectivity index (χ0v) is 28.2. The van der Waals surface area contributed by atoms with Gasteiger partial charge in [-0.15, -0.1) is 45.8 Å². The Bertz CT molecular complexity index is 1900. The molecule has 0 saturated carbocycles. The molecule has 0 N–H and O–H groups in total. The first-order chi connectivity index (χ1) is 19.6. The molecule has 0 aliphatic rings. The van der Waals surface area contributed by atoms with Gasteiger partial charge in [-0.1, -0.05) is 118 Å². The van der Waals surface area contributed by atoms with Crippen molar-refractivity contribution >= 4 is 48.5 Å². The van der Waals surface area contributed by atoms with Crippen LogP contribution in [0.1, 0.15) is 0 Å². The number of hydrogen-bond donors (Lipinski definition) is 0. The van der Waals surface area contributed by atoms with E-state index in [1.807, 2.05) is 24.3 Å². The summed E-state index contributed by atoms with van der Waals surface area (Å²) in [5.74, 6) is 1.85. The standard InChI is InChI=1S/2C17H11O.C2H6Si.2ClH.Zr/c2*1-2-5-15-12(4-1)7-8-13-10-14(11-16(13)15)17-6-3-9-18-17;1-3-2;;;/h2*1-11H;1-2H3;2*1H;/q2*-1;;;;+2/p-2. The third-order valence-electron chi connectivity index (χ3n) is 6.84. The summed E-state index contributed by atoms with van der Waals surface area (Å²) < 4.78 is 10.9. The monoisotopic (exact) mass is 680 g/mol. The molecule has 0 atom stereocenters. The van der Waals surface area contributed by atoms with Crippen LogP contribution < -0.4 is 24.8 Å². The molecule has 8 aromatic rings. The van der Waals surface area contributed by atoms with Crippen molar-refractivity contribution in [3.63, 3.8) is 0 Å². The maximum Gasteiger partial charge on any atom is 0.0796 e. The van der Waals surface area contributed by atoms with Gasteiger partial charge in [-0.25, -0.2) is 0 Å². The van der Waals surface area contributed by atoms with Gasteiger partial charge in [0.25, 0.3) is 0 Å². The summed E-state index contributed by atoms with van der Waals surface area (Å²) >= 11 is 1.74. The molecular formula is C36H28Cl2O2SiZr-2. The zero-order chi connectivity index (χ0) is 27.5. The van der Waals surface area contributed by atoms with E-state index in [4.69, 9.17) is 8.83 Å². The van der Waals surface area contributed by atoms with E-state index in [1.165, 1.54) is 43.1 Å². The third kappa shape index (κ3) is 6.90. The molecule has 0 aliphatic carbocycles. The molecule has 2 aromatic heterocycles. The maximum absolute atomic E-state index is 5.46. The minimum atomic E-state index is 0. The number of hydrogen-bond acceptors (Lipinski definition) is 2. The van der Waals surface area contributed by atoms with Crippen LogP contribution in [0.25, 0.3) is 65.7 Å². The van der Waals surface area contributed by atoms with Gasteiger partial charge in [0.15, 0.2) is 0 Å². The van der Waals surface area contributed by atoms with E-state index >= 15 is 0 Å². The fourth-order valence-corrected chi connectivity index (χ4v) is 5.10. The van der Waals surface area contributed by atoms with Crippen LogP contribution in [0.3, 0.4) is 0 Å². The number of rotatable bonds is 2. The number of halogens is 2. The van der Waals surface area contributed by atoms with Crippen LogP contribution in [0.4, 0.5) is 0 Å². The molecule has 42 heavy (non-hydrogen) atoms. The first kappa shape index (κ1) is 31.8. The van der Waals surface area contributed by atoms with Crippen LogP contribution in [0.2, 0.25) is 13.1 Å². The van der Waals surface area contributed by atoms with Gasteiger partial charge in [0.1, 0.15) is 0 Å². The molecular weight excluding hydrogens is 655 g/mol. The second-order valence-electron chi connectivity index (χ2n) is 10.0. The predicted molar refractivity (Wildman–Crippen MR) is 167 cm³/mol. The topological polar surface area (TPSA) is 26.3 Å². The Morgan fingerprint density at radius 1 is 0.524 bits per heavy atom. The number of furan rings is 2. The van der Waals surface area contributed by atoms with E-state index in [0.717, 1.165) is 22.6 Å². The Morgan fingerprint density at radius 2 is 0.905 bits per heavy atom. The minimum Gasteiger partial charge on any atom is -1.00 e. The van der Waals surface area contributed by atoms with Gasteiger partial charge in [-0.05, 0) is 12.1 Å². The largest absolute Gasteiger partial charge is 1.00 e. The summed E-state index contributed by atoms with van der Waals surface area (Å²) in [5, 5.41) is 10.3. The summed E-state index contributed by atoms with van der Waals surface area (Å²) in [4.78, 5) is 0. The first-order valence-corrected chi connectivity index (χ1v) is 19.5. The van der Waals surface area contributed by atoms with Crippen LogP contribution in [0, 0.1) is 0 Å². The van der Waals surface area contributed by atoms with Crippen molar-refractivity contribution in [1.29, 1.82) is 0 Å². The average molecular weight is 683 g/mol. The summed E-state index contributed by atoms with van der Waals surface area (Å²) in [6.45, 7) is 4.62. The molecule has 6 aromatic carbocycles. The molecule has 0 saturated heterocycles. The molecule has 8 rings (SSSR count). The second kappa shape index (κ2) is 14.4. The van der Waals surface area contributed by atoms with E-state index in [1.54, 1.807) is 35.9 Å². The average Bonchev–Trinajstić information content (AvgIpc) is 3.79. The van der Waals surface area contributed by atoms with Crippen molar-refractivity contribution in [1.82, 2.24) is 0 Å².